The first-order valence-electron chi connectivity index (χ1n) is 4.93. The fraction of sp³-hybridized carbons (Fsp3) is 0.300. The minimum Gasteiger partial charge on any atom is -0.494 e. The molecule has 0 unspecified atom stereocenters. The maximum Gasteiger partial charge on any atom is 0.404 e. The summed E-state index contributed by atoms with van der Waals surface area (Å²) in [6.45, 7) is 0.653. The molecule has 0 aliphatic carbocycles. The van der Waals surface area contributed by atoms with Crippen molar-refractivity contribution in [2.24, 2.45) is 0 Å². The average Bonchev–Trinajstić information content (AvgIpc) is 2.29. The van der Waals surface area contributed by atoms with E-state index in [4.69, 9.17) is 9.84 Å². The summed E-state index contributed by atoms with van der Waals surface area (Å²) in [5.41, 5.74) is 0.00453. The van der Waals surface area contributed by atoms with Crippen molar-refractivity contribution in [3.63, 3.8) is 0 Å². The van der Waals surface area contributed by atoms with E-state index in [1.165, 1.54) is 24.3 Å². The maximum atomic E-state index is 10.4. The molecule has 0 spiro atoms. The number of nitro benzene ring substituents is 1. The second-order valence-corrected chi connectivity index (χ2v) is 3.18. The van der Waals surface area contributed by atoms with Crippen LogP contribution in [-0.4, -0.2) is 29.3 Å². The molecule has 0 aliphatic heterocycles. The number of non-ortho nitro benzene ring substituents is 1. The van der Waals surface area contributed by atoms with E-state index in [0.29, 0.717) is 25.3 Å². The monoisotopic (exact) mass is 240 g/mol. The highest BCUT2D eigenvalue weighted by atomic mass is 16.6. The molecule has 0 heterocycles. The van der Waals surface area contributed by atoms with E-state index >= 15 is 0 Å². The summed E-state index contributed by atoms with van der Waals surface area (Å²) in [6.07, 6.45) is -0.538. The highest BCUT2D eigenvalue weighted by Gasteiger charge is 2.04. The van der Waals surface area contributed by atoms with Gasteiger partial charge < -0.3 is 15.2 Å². The number of nitrogens with zero attached hydrogens (tertiary/aromatic N) is 1. The molecular weight excluding hydrogens is 228 g/mol. The van der Waals surface area contributed by atoms with E-state index in [1.54, 1.807) is 0 Å². The Labute approximate surface area is 97.2 Å². The zero-order valence-electron chi connectivity index (χ0n) is 8.96. The second kappa shape index (κ2) is 6.31. The highest BCUT2D eigenvalue weighted by Crippen LogP contribution is 2.17. The molecule has 0 saturated heterocycles. The van der Waals surface area contributed by atoms with Crippen LogP contribution in [0.1, 0.15) is 6.42 Å². The Morgan fingerprint density at radius 1 is 1.41 bits per heavy atom. The van der Waals surface area contributed by atoms with Crippen LogP contribution in [-0.2, 0) is 0 Å². The van der Waals surface area contributed by atoms with Gasteiger partial charge in [0, 0.05) is 18.7 Å². The molecule has 1 rings (SSSR count). The predicted octanol–water partition coefficient (Wildman–Crippen LogP) is 1.63. The van der Waals surface area contributed by atoms with Gasteiger partial charge in [-0.3, -0.25) is 10.1 Å². The zero-order valence-corrected chi connectivity index (χ0v) is 8.96. The number of carbonyl (C=O) groups is 1. The molecule has 0 atom stereocenters. The molecular formula is C10H12N2O5. The lowest BCUT2D eigenvalue weighted by Gasteiger charge is -2.05. The van der Waals surface area contributed by atoms with Crippen molar-refractivity contribution >= 4 is 11.8 Å². The third-order valence-corrected chi connectivity index (χ3v) is 1.91. The molecule has 0 fully saturated rings. The van der Waals surface area contributed by atoms with Crippen LogP contribution in [0.25, 0.3) is 0 Å². The number of nitrogens with one attached hydrogen (secondary N) is 1. The quantitative estimate of drug-likeness (QED) is 0.447. The summed E-state index contributed by atoms with van der Waals surface area (Å²) in [4.78, 5) is 20.0. The van der Waals surface area contributed by atoms with E-state index in [0.717, 1.165) is 0 Å². The van der Waals surface area contributed by atoms with Crippen LogP contribution in [0.15, 0.2) is 24.3 Å². The summed E-state index contributed by atoms with van der Waals surface area (Å²) >= 11 is 0. The summed E-state index contributed by atoms with van der Waals surface area (Å²) in [6, 6.07) is 5.71. The molecule has 7 heteroatoms. The van der Waals surface area contributed by atoms with E-state index in [9.17, 15) is 14.9 Å². The van der Waals surface area contributed by atoms with Crippen molar-refractivity contribution in [2.75, 3.05) is 13.2 Å². The van der Waals surface area contributed by atoms with Crippen LogP contribution in [0.3, 0.4) is 0 Å². The van der Waals surface area contributed by atoms with Crippen molar-refractivity contribution < 1.29 is 19.6 Å². The van der Waals surface area contributed by atoms with E-state index in [1.807, 2.05) is 0 Å². The van der Waals surface area contributed by atoms with Gasteiger partial charge in [0.05, 0.1) is 11.5 Å². The lowest BCUT2D eigenvalue weighted by atomic mass is 10.3. The SMILES string of the molecule is O=C(O)NCCCOc1ccc([N+](=O)[O-])cc1. The smallest absolute Gasteiger partial charge is 0.404 e. The standard InChI is InChI=1S/C10H12N2O5/c13-10(14)11-6-1-7-17-9-4-2-8(3-5-9)12(15)16/h2-5,11H,1,6-7H2,(H,13,14). The molecule has 1 aromatic carbocycles. The summed E-state index contributed by atoms with van der Waals surface area (Å²) in [5, 5.41) is 20.9. The van der Waals surface area contributed by atoms with Crippen molar-refractivity contribution in [3.8, 4) is 5.75 Å². The number of ether oxygens (including phenoxy) is 1. The normalized spacial score (nSPS) is 9.65. The predicted molar refractivity (Wildman–Crippen MR) is 59.2 cm³/mol. The molecule has 7 nitrogen and oxygen atoms in total. The molecule has 17 heavy (non-hydrogen) atoms. The molecule has 0 aliphatic rings. The number of amides is 1. The minimum absolute atomic E-state index is 0.00453. The van der Waals surface area contributed by atoms with Gasteiger partial charge in [-0.05, 0) is 18.6 Å². The van der Waals surface area contributed by atoms with E-state index in [2.05, 4.69) is 5.32 Å². The lowest BCUT2D eigenvalue weighted by molar-refractivity contribution is -0.384. The molecule has 1 amide bonds. The summed E-state index contributed by atoms with van der Waals surface area (Å²) in [5.74, 6) is 0.519. The van der Waals surface area contributed by atoms with Gasteiger partial charge >= 0.3 is 6.09 Å². The summed E-state index contributed by atoms with van der Waals surface area (Å²) in [7, 11) is 0. The van der Waals surface area contributed by atoms with E-state index < -0.39 is 11.0 Å². The van der Waals surface area contributed by atoms with Crippen LogP contribution >= 0.6 is 0 Å². The zero-order chi connectivity index (χ0) is 12.7. The Hall–Kier alpha value is -2.31. The Morgan fingerprint density at radius 3 is 2.59 bits per heavy atom. The number of hydrogen-bond acceptors (Lipinski definition) is 4. The van der Waals surface area contributed by atoms with Crippen molar-refractivity contribution in [3.05, 3.63) is 34.4 Å². The number of hydrogen-bond donors (Lipinski definition) is 2. The fourth-order valence-electron chi connectivity index (χ4n) is 1.12. The maximum absolute atomic E-state index is 10.4. The second-order valence-electron chi connectivity index (χ2n) is 3.18. The third-order valence-electron chi connectivity index (χ3n) is 1.91. The lowest BCUT2D eigenvalue weighted by Crippen LogP contribution is -2.23. The Kier molecular flexibility index (Phi) is 4.74. The van der Waals surface area contributed by atoms with Gasteiger partial charge in [-0.15, -0.1) is 0 Å². The van der Waals surface area contributed by atoms with Gasteiger partial charge in [0.25, 0.3) is 5.69 Å². The molecule has 0 saturated carbocycles. The van der Waals surface area contributed by atoms with Crippen LogP contribution in [0.2, 0.25) is 0 Å². The van der Waals surface area contributed by atoms with Crippen LogP contribution in [0.4, 0.5) is 10.5 Å². The van der Waals surface area contributed by atoms with Crippen molar-refractivity contribution in [1.82, 2.24) is 5.32 Å². The first kappa shape index (κ1) is 12.8. The van der Waals surface area contributed by atoms with Crippen LogP contribution in [0, 0.1) is 10.1 Å². The van der Waals surface area contributed by atoms with E-state index in [-0.39, 0.29) is 5.69 Å². The Balaban J connectivity index is 2.27. The Bertz CT molecular complexity index is 390. The Morgan fingerprint density at radius 2 is 2.06 bits per heavy atom. The van der Waals surface area contributed by atoms with Crippen molar-refractivity contribution in [1.29, 1.82) is 0 Å². The number of benzene rings is 1. The third kappa shape index (κ3) is 4.83. The number of nitro groups is 1. The first-order valence-corrected chi connectivity index (χ1v) is 4.93. The number of carboxylic acid groups (broad SMARTS) is 1. The fourth-order valence-corrected chi connectivity index (χ4v) is 1.12. The molecule has 0 radical (unpaired) electrons. The van der Waals surface area contributed by atoms with Gasteiger partial charge in [0.2, 0.25) is 0 Å². The molecule has 0 aromatic heterocycles. The summed E-state index contributed by atoms with van der Waals surface area (Å²) < 4.78 is 5.27. The van der Waals surface area contributed by atoms with Gasteiger partial charge in [0.1, 0.15) is 5.75 Å². The molecule has 2 N–H and O–H groups in total. The molecule has 92 valence electrons. The topological polar surface area (TPSA) is 102 Å². The minimum atomic E-state index is -1.07. The van der Waals surface area contributed by atoms with Gasteiger partial charge in [-0.2, -0.15) is 0 Å². The molecule has 0 bridgehead atoms. The highest BCUT2D eigenvalue weighted by molar-refractivity contribution is 5.64. The first-order chi connectivity index (χ1) is 8.09. The average molecular weight is 240 g/mol. The van der Waals surface area contributed by atoms with Gasteiger partial charge in [-0.1, -0.05) is 0 Å². The van der Waals surface area contributed by atoms with Crippen LogP contribution < -0.4 is 10.1 Å². The largest absolute Gasteiger partial charge is 0.494 e. The van der Waals surface area contributed by atoms with Crippen molar-refractivity contribution in [2.45, 2.75) is 6.42 Å². The van der Waals surface area contributed by atoms with Gasteiger partial charge in [0.15, 0.2) is 0 Å². The number of rotatable bonds is 6. The van der Waals surface area contributed by atoms with Gasteiger partial charge in [-0.25, -0.2) is 4.79 Å². The van der Waals surface area contributed by atoms with Crippen LogP contribution in [0.5, 0.6) is 5.75 Å². The molecule has 1 aromatic rings.